The predicted octanol–water partition coefficient (Wildman–Crippen LogP) is 1.83. The highest BCUT2D eigenvalue weighted by Gasteiger charge is 2.23. The fourth-order valence-corrected chi connectivity index (χ4v) is 3.75. The largest absolute Gasteiger partial charge is 0.382 e. The number of nitrogens with two attached hydrogens (primary N) is 1. The van der Waals surface area contributed by atoms with Crippen molar-refractivity contribution >= 4 is 15.7 Å². The molecule has 0 aliphatic carbocycles. The van der Waals surface area contributed by atoms with Crippen LogP contribution in [0.4, 0.5) is 10.1 Å². The fourth-order valence-electron chi connectivity index (χ4n) is 3.21. The molecule has 0 spiro atoms. The Bertz CT molecular complexity index is 985. The van der Waals surface area contributed by atoms with E-state index in [2.05, 4.69) is 10.2 Å². The van der Waals surface area contributed by atoms with Crippen LogP contribution < -0.4 is 10.5 Å². The van der Waals surface area contributed by atoms with Crippen LogP contribution in [0.15, 0.2) is 47.4 Å². The third kappa shape index (κ3) is 4.85. The lowest BCUT2D eigenvalue weighted by molar-refractivity contribution is 0.0186. The quantitative estimate of drug-likeness (QED) is 0.760. The van der Waals surface area contributed by atoms with Gasteiger partial charge in [-0.1, -0.05) is 12.1 Å². The summed E-state index contributed by atoms with van der Waals surface area (Å²) in [5.74, 6) is -0.314. The van der Waals surface area contributed by atoms with Crippen LogP contribution in [0.1, 0.15) is 17.2 Å². The number of ether oxygens (including phenoxy) is 1. The number of benzene rings is 2. The van der Waals surface area contributed by atoms with Crippen LogP contribution in [-0.4, -0.2) is 46.2 Å². The highest BCUT2D eigenvalue weighted by molar-refractivity contribution is 7.89. The number of primary sulfonamides is 1. The molecule has 9 heteroatoms. The van der Waals surface area contributed by atoms with E-state index in [1.165, 1.54) is 30.3 Å². The van der Waals surface area contributed by atoms with Gasteiger partial charge in [0.15, 0.2) is 0 Å². The molecule has 1 heterocycles. The van der Waals surface area contributed by atoms with Crippen LogP contribution in [0.25, 0.3) is 0 Å². The molecule has 7 nitrogen and oxygen atoms in total. The van der Waals surface area contributed by atoms with Gasteiger partial charge in [-0.3, -0.25) is 4.90 Å². The Kier molecular flexibility index (Phi) is 6.26. The van der Waals surface area contributed by atoms with E-state index >= 15 is 0 Å². The number of nitrogens with one attached hydrogen (secondary N) is 1. The number of morpholine rings is 1. The topological polar surface area (TPSA) is 108 Å². The highest BCUT2D eigenvalue weighted by Crippen LogP contribution is 2.25. The molecule has 3 rings (SSSR count). The summed E-state index contributed by atoms with van der Waals surface area (Å²) >= 11 is 0. The molecule has 0 amide bonds. The van der Waals surface area contributed by atoms with Crippen molar-refractivity contribution in [3.05, 3.63) is 59.4 Å². The van der Waals surface area contributed by atoms with Gasteiger partial charge in [0, 0.05) is 19.6 Å². The van der Waals surface area contributed by atoms with Crippen molar-refractivity contribution in [3.8, 4) is 6.07 Å². The van der Waals surface area contributed by atoms with Crippen LogP contribution in [0.3, 0.4) is 0 Å². The second-order valence-electron chi connectivity index (χ2n) is 6.46. The number of rotatable bonds is 6. The molecule has 1 aliphatic rings. The maximum absolute atomic E-state index is 13.8. The van der Waals surface area contributed by atoms with E-state index in [0.717, 1.165) is 5.56 Å². The van der Waals surface area contributed by atoms with Crippen LogP contribution in [0.2, 0.25) is 0 Å². The monoisotopic (exact) mass is 404 g/mol. The molecular formula is C19H21FN4O3S. The van der Waals surface area contributed by atoms with Crippen molar-refractivity contribution in [2.45, 2.75) is 10.9 Å². The average Bonchev–Trinajstić information content (AvgIpc) is 2.68. The second-order valence-corrected chi connectivity index (χ2v) is 8.03. The molecule has 28 heavy (non-hydrogen) atoms. The van der Waals surface area contributed by atoms with Crippen molar-refractivity contribution in [2.75, 3.05) is 38.2 Å². The summed E-state index contributed by atoms with van der Waals surface area (Å²) in [6.07, 6.45) is 0. The molecule has 1 aliphatic heterocycles. The summed E-state index contributed by atoms with van der Waals surface area (Å²) in [6.45, 7) is 3.01. The number of hydrogen-bond donors (Lipinski definition) is 2. The number of hydrogen-bond acceptors (Lipinski definition) is 6. The first kappa shape index (κ1) is 20.2. The first-order chi connectivity index (χ1) is 13.4. The molecule has 2 aromatic rings. The number of halogens is 1. The number of nitriles is 1. The van der Waals surface area contributed by atoms with Gasteiger partial charge in [-0.25, -0.2) is 17.9 Å². The zero-order chi connectivity index (χ0) is 20.1. The predicted molar refractivity (Wildman–Crippen MR) is 103 cm³/mol. The molecule has 3 N–H and O–H groups in total. The number of sulfonamides is 1. The molecule has 2 aromatic carbocycles. The number of anilines is 1. The molecule has 1 unspecified atom stereocenters. The zero-order valence-electron chi connectivity index (χ0n) is 15.1. The molecule has 0 aromatic heterocycles. The van der Waals surface area contributed by atoms with Crippen molar-refractivity contribution in [1.29, 1.82) is 5.26 Å². The van der Waals surface area contributed by atoms with E-state index in [0.29, 0.717) is 38.5 Å². The van der Waals surface area contributed by atoms with Gasteiger partial charge in [-0.2, -0.15) is 5.26 Å². The van der Waals surface area contributed by atoms with E-state index in [4.69, 9.17) is 9.88 Å². The molecule has 1 fully saturated rings. The van der Waals surface area contributed by atoms with E-state index in [-0.39, 0.29) is 22.3 Å². The Labute approximate surface area is 163 Å². The maximum Gasteiger partial charge on any atom is 0.238 e. The molecule has 1 saturated heterocycles. The number of nitrogens with zero attached hydrogens (tertiary/aromatic N) is 2. The smallest absolute Gasteiger partial charge is 0.238 e. The second kappa shape index (κ2) is 8.67. The zero-order valence-corrected chi connectivity index (χ0v) is 16.0. The van der Waals surface area contributed by atoms with Crippen LogP contribution in [-0.2, 0) is 14.8 Å². The Morgan fingerprint density at radius 3 is 2.64 bits per heavy atom. The Morgan fingerprint density at radius 1 is 1.25 bits per heavy atom. The SMILES string of the molecule is N#Cc1cc(S(N)(=O)=O)ccc1NCC(c1cccc(F)c1)N1CCOCC1. The lowest BCUT2D eigenvalue weighted by Crippen LogP contribution is -2.41. The molecular weight excluding hydrogens is 383 g/mol. The molecule has 0 saturated carbocycles. The van der Waals surface area contributed by atoms with Gasteiger partial charge in [0.05, 0.1) is 35.4 Å². The lowest BCUT2D eigenvalue weighted by Gasteiger charge is -2.35. The van der Waals surface area contributed by atoms with Crippen LogP contribution in [0.5, 0.6) is 0 Å². The highest BCUT2D eigenvalue weighted by atomic mass is 32.2. The summed E-state index contributed by atoms with van der Waals surface area (Å²) in [6, 6.07) is 12.4. The first-order valence-corrected chi connectivity index (χ1v) is 10.3. The molecule has 148 valence electrons. The summed E-state index contributed by atoms with van der Waals surface area (Å²) < 4.78 is 42.2. The van der Waals surface area contributed by atoms with Gasteiger partial charge < -0.3 is 10.1 Å². The summed E-state index contributed by atoms with van der Waals surface area (Å²) in [7, 11) is -3.89. The summed E-state index contributed by atoms with van der Waals surface area (Å²) in [5, 5.41) is 17.7. The maximum atomic E-state index is 13.8. The van der Waals surface area contributed by atoms with Gasteiger partial charge in [0.2, 0.25) is 10.0 Å². The van der Waals surface area contributed by atoms with Gasteiger partial charge >= 0.3 is 0 Å². The van der Waals surface area contributed by atoms with E-state index < -0.39 is 10.0 Å². The average molecular weight is 404 g/mol. The van der Waals surface area contributed by atoms with E-state index in [1.54, 1.807) is 6.07 Å². The van der Waals surface area contributed by atoms with Crippen LogP contribution in [0, 0.1) is 17.1 Å². The Balaban J connectivity index is 1.85. The van der Waals surface area contributed by atoms with E-state index in [1.807, 2.05) is 12.1 Å². The van der Waals surface area contributed by atoms with E-state index in [9.17, 15) is 18.1 Å². The third-order valence-electron chi connectivity index (χ3n) is 4.65. The van der Waals surface area contributed by atoms with Gasteiger partial charge in [-0.05, 0) is 35.9 Å². The van der Waals surface area contributed by atoms with Gasteiger partial charge in [0.25, 0.3) is 0 Å². The van der Waals surface area contributed by atoms with Crippen molar-refractivity contribution in [2.24, 2.45) is 5.14 Å². The van der Waals surface area contributed by atoms with Gasteiger partial charge in [-0.15, -0.1) is 0 Å². The van der Waals surface area contributed by atoms with Crippen LogP contribution >= 0.6 is 0 Å². The summed E-state index contributed by atoms with van der Waals surface area (Å²) in [5.41, 5.74) is 1.48. The molecule has 0 bridgehead atoms. The van der Waals surface area contributed by atoms with Crippen molar-refractivity contribution < 1.29 is 17.5 Å². The van der Waals surface area contributed by atoms with Crippen molar-refractivity contribution in [1.82, 2.24) is 4.90 Å². The lowest BCUT2D eigenvalue weighted by atomic mass is 10.0. The normalized spacial score (nSPS) is 16.3. The van der Waals surface area contributed by atoms with Gasteiger partial charge in [0.1, 0.15) is 11.9 Å². The third-order valence-corrected chi connectivity index (χ3v) is 5.56. The minimum atomic E-state index is -3.89. The minimum Gasteiger partial charge on any atom is -0.382 e. The van der Waals surface area contributed by atoms with Crippen molar-refractivity contribution in [3.63, 3.8) is 0 Å². The Hall–Kier alpha value is -2.51. The standard InChI is InChI=1S/C19H21FN4O3S/c20-16-3-1-2-14(10-16)19(24-6-8-27-9-7-24)13-23-18-5-4-17(28(22,25)26)11-15(18)12-21/h1-5,10-11,19,23H,6-9,13H2,(H2,22,25,26). The Morgan fingerprint density at radius 2 is 2.00 bits per heavy atom. The summed E-state index contributed by atoms with van der Waals surface area (Å²) in [4.78, 5) is 2.07. The minimum absolute atomic E-state index is 0.121. The fraction of sp³-hybridized carbons (Fsp3) is 0.316. The first-order valence-electron chi connectivity index (χ1n) is 8.76. The molecule has 0 radical (unpaired) electrons. The molecule has 1 atom stereocenters.